The Hall–Kier alpha value is -1.39. The number of likely N-dealkylation sites (N-methyl/N-ethyl adjacent to an activating group) is 2. The highest BCUT2D eigenvalue weighted by Crippen LogP contribution is 2.18. The molecule has 1 heterocycles. The molecule has 0 spiro atoms. The molecule has 0 amide bonds. The Morgan fingerprint density at radius 2 is 1.89 bits per heavy atom. The summed E-state index contributed by atoms with van der Waals surface area (Å²) in [5, 5.41) is 0.686. The Labute approximate surface area is 112 Å². The van der Waals surface area contributed by atoms with Crippen molar-refractivity contribution in [3.8, 4) is 0 Å². The van der Waals surface area contributed by atoms with E-state index in [1.54, 1.807) is 6.20 Å². The number of hydrogen-bond acceptors (Lipinski definition) is 4. The quantitative estimate of drug-likeness (QED) is 0.848. The van der Waals surface area contributed by atoms with Crippen molar-refractivity contribution in [2.75, 3.05) is 39.1 Å². The number of aromatic nitrogens is 2. The van der Waals surface area contributed by atoms with Gasteiger partial charge < -0.3 is 9.80 Å². The van der Waals surface area contributed by atoms with Gasteiger partial charge in [-0.1, -0.05) is 11.6 Å². The highest BCUT2D eigenvalue weighted by atomic mass is 35.5. The third-order valence-corrected chi connectivity index (χ3v) is 3.00. The van der Waals surface area contributed by atoms with Crippen molar-refractivity contribution in [1.82, 2.24) is 14.9 Å². The summed E-state index contributed by atoms with van der Waals surface area (Å²) >= 11 is 5.92. The molecule has 0 saturated carbocycles. The number of nitrogens with zero attached hydrogens (tertiary/aromatic N) is 4. The van der Waals surface area contributed by atoms with Gasteiger partial charge in [0, 0.05) is 25.2 Å². The minimum absolute atomic E-state index is 0.686. The molecular formula is C13H17ClN4. The molecule has 1 aromatic carbocycles. The molecule has 0 N–H and O–H groups in total. The summed E-state index contributed by atoms with van der Waals surface area (Å²) in [5.74, 6) is 0.881. The van der Waals surface area contributed by atoms with Gasteiger partial charge in [-0.25, -0.2) is 4.98 Å². The van der Waals surface area contributed by atoms with E-state index in [0.29, 0.717) is 5.02 Å². The number of rotatable bonds is 4. The summed E-state index contributed by atoms with van der Waals surface area (Å²) in [5.41, 5.74) is 1.70. The predicted octanol–water partition coefficient (Wildman–Crippen LogP) is 2.28. The van der Waals surface area contributed by atoms with Crippen molar-refractivity contribution < 1.29 is 0 Å². The van der Waals surface area contributed by atoms with Crippen LogP contribution in [0.2, 0.25) is 5.02 Å². The fraction of sp³-hybridized carbons (Fsp3) is 0.385. The monoisotopic (exact) mass is 264 g/mol. The lowest BCUT2D eigenvalue weighted by molar-refractivity contribution is 0.416. The molecule has 0 aliphatic rings. The Morgan fingerprint density at radius 3 is 2.61 bits per heavy atom. The highest BCUT2D eigenvalue weighted by Gasteiger charge is 2.05. The van der Waals surface area contributed by atoms with Crippen molar-refractivity contribution in [3.63, 3.8) is 0 Å². The zero-order valence-corrected chi connectivity index (χ0v) is 11.6. The number of hydrogen-bond donors (Lipinski definition) is 0. The number of anilines is 1. The molecule has 4 nitrogen and oxygen atoms in total. The lowest BCUT2D eigenvalue weighted by Gasteiger charge is -2.20. The molecule has 96 valence electrons. The Morgan fingerprint density at radius 1 is 1.11 bits per heavy atom. The summed E-state index contributed by atoms with van der Waals surface area (Å²) in [6.07, 6.45) is 1.79. The van der Waals surface area contributed by atoms with E-state index in [0.717, 1.165) is 29.9 Å². The van der Waals surface area contributed by atoms with Crippen molar-refractivity contribution >= 4 is 28.5 Å². The van der Waals surface area contributed by atoms with Crippen molar-refractivity contribution in [3.05, 3.63) is 29.4 Å². The summed E-state index contributed by atoms with van der Waals surface area (Å²) < 4.78 is 0. The summed E-state index contributed by atoms with van der Waals surface area (Å²) in [6, 6.07) is 5.56. The number of benzene rings is 1. The van der Waals surface area contributed by atoms with Crippen molar-refractivity contribution in [2.24, 2.45) is 0 Å². The zero-order valence-electron chi connectivity index (χ0n) is 10.9. The van der Waals surface area contributed by atoms with Gasteiger partial charge in [-0.3, -0.25) is 4.98 Å². The average molecular weight is 265 g/mol. The largest absolute Gasteiger partial charge is 0.357 e. The van der Waals surface area contributed by atoms with Crippen LogP contribution in [0.15, 0.2) is 24.4 Å². The zero-order chi connectivity index (χ0) is 13.1. The molecule has 0 unspecified atom stereocenters. The lowest BCUT2D eigenvalue weighted by atomic mass is 10.3. The maximum absolute atomic E-state index is 5.92. The second kappa shape index (κ2) is 5.50. The van der Waals surface area contributed by atoms with Crippen LogP contribution in [-0.2, 0) is 0 Å². The normalized spacial score (nSPS) is 11.2. The van der Waals surface area contributed by atoms with Crippen molar-refractivity contribution in [1.29, 1.82) is 0 Å². The van der Waals surface area contributed by atoms with Crippen molar-refractivity contribution in [2.45, 2.75) is 0 Å². The lowest BCUT2D eigenvalue weighted by Crippen LogP contribution is -2.29. The average Bonchev–Trinajstić information content (AvgIpc) is 2.35. The smallest absolute Gasteiger partial charge is 0.147 e. The second-order valence-corrected chi connectivity index (χ2v) is 5.02. The molecule has 0 radical (unpaired) electrons. The maximum Gasteiger partial charge on any atom is 0.147 e. The topological polar surface area (TPSA) is 32.3 Å². The molecule has 0 atom stereocenters. The molecule has 0 bridgehead atoms. The SMILES string of the molecule is CN(C)CCN(C)c1cnc2cc(Cl)ccc2n1. The van der Waals surface area contributed by atoms with Crippen LogP contribution < -0.4 is 4.90 Å². The first kappa shape index (κ1) is 13.1. The van der Waals surface area contributed by atoms with Gasteiger partial charge in [-0.05, 0) is 32.3 Å². The minimum Gasteiger partial charge on any atom is -0.357 e. The fourth-order valence-electron chi connectivity index (χ4n) is 1.62. The Balaban J connectivity index is 2.21. The summed E-state index contributed by atoms with van der Waals surface area (Å²) in [6.45, 7) is 1.90. The maximum atomic E-state index is 5.92. The van der Waals surface area contributed by atoms with Gasteiger partial charge in [0.1, 0.15) is 5.82 Å². The molecule has 5 heteroatoms. The number of halogens is 1. The Bertz CT molecular complexity index is 542. The van der Waals surface area contributed by atoms with E-state index >= 15 is 0 Å². The molecule has 0 aliphatic heterocycles. The predicted molar refractivity (Wildman–Crippen MR) is 76.4 cm³/mol. The number of fused-ring (bicyclic) bond motifs is 1. The molecule has 0 fully saturated rings. The molecule has 1 aromatic heterocycles. The summed E-state index contributed by atoms with van der Waals surface area (Å²) in [7, 11) is 6.14. The van der Waals surface area contributed by atoms with Crippen LogP contribution in [-0.4, -0.2) is 49.1 Å². The van der Waals surface area contributed by atoms with E-state index < -0.39 is 0 Å². The summed E-state index contributed by atoms with van der Waals surface area (Å²) in [4.78, 5) is 13.2. The highest BCUT2D eigenvalue weighted by molar-refractivity contribution is 6.31. The van der Waals surface area contributed by atoms with Crippen LogP contribution in [0.25, 0.3) is 11.0 Å². The third-order valence-electron chi connectivity index (χ3n) is 2.77. The van der Waals surface area contributed by atoms with E-state index in [4.69, 9.17) is 11.6 Å². The Kier molecular flexibility index (Phi) is 3.99. The van der Waals surface area contributed by atoms with Gasteiger partial charge in [0.25, 0.3) is 0 Å². The molecule has 0 saturated heterocycles. The van der Waals surface area contributed by atoms with Crippen LogP contribution in [0.1, 0.15) is 0 Å². The molecule has 0 aliphatic carbocycles. The van der Waals surface area contributed by atoms with E-state index in [1.165, 1.54) is 0 Å². The van der Waals surface area contributed by atoms with Crippen LogP contribution in [0.4, 0.5) is 5.82 Å². The van der Waals surface area contributed by atoms with E-state index in [-0.39, 0.29) is 0 Å². The fourth-order valence-corrected chi connectivity index (χ4v) is 1.79. The molecular weight excluding hydrogens is 248 g/mol. The minimum atomic E-state index is 0.686. The van der Waals surface area contributed by atoms with Gasteiger partial charge in [-0.15, -0.1) is 0 Å². The third kappa shape index (κ3) is 3.09. The van der Waals surface area contributed by atoms with Crippen LogP contribution in [0.5, 0.6) is 0 Å². The first-order chi connectivity index (χ1) is 8.56. The molecule has 18 heavy (non-hydrogen) atoms. The molecule has 2 aromatic rings. The van der Waals surface area contributed by atoms with Crippen LogP contribution >= 0.6 is 11.6 Å². The van der Waals surface area contributed by atoms with Crippen LogP contribution in [0, 0.1) is 0 Å². The van der Waals surface area contributed by atoms with E-state index in [9.17, 15) is 0 Å². The van der Waals surface area contributed by atoms with Gasteiger partial charge in [0.15, 0.2) is 0 Å². The van der Waals surface area contributed by atoms with E-state index in [1.807, 2.05) is 25.2 Å². The standard InChI is InChI=1S/C13H17ClN4/c1-17(2)6-7-18(3)13-9-15-12-8-10(14)4-5-11(12)16-13/h4-5,8-9H,6-7H2,1-3H3. The van der Waals surface area contributed by atoms with Gasteiger partial charge in [0.05, 0.1) is 17.2 Å². The van der Waals surface area contributed by atoms with Gasteiger partial charge in [-0.2, -0.15) is 0 Å². The van der Waals surface area contributed by atoms with E-state index in [2.05, 4.69) is 33.9 Å². The first-order valence-electron chi connectivity index (χ1n) is 5.84. The first-order valence-corrected chi connectivity index (χ1v) is 6.22. The van der Waals surface area contributed by atoms with Crippen LogP contribution in [0.3, 0.4) is 0 Å². The second-order valence-electron chi connectivity index (χ2n) is 4.59. The van der Waals surface area contributed by atoms with Gasteiger partial charge in [0.2, 0.25) is 0 Å². The molecule has 2 rings (SSSR count). The van der Waals surface area contributed by atoms with Gasteiger partial charge >= 0.3 is 0 Å².